The molecule has 0 aliphatic carbocycles. The molecular weight excluding hydrogens is 527 g/mol. The lowest BCUT2D eigenvalue weighted by Crippen LogP contribution is -2.22. The van der Waals surface area contributed by atoms with E-state index in [1.165, 1.54) is 64.7 Å². The number of fused-ring (bicyclic) bond motifs is 11. The van der Waals surface area contributed by atoms with Gasteiger partial charge in [-0.2, -0.15) is 0 Å². The number of hydrogen-bond acceptors (Lipinski definition) is 1. The van der Waals surface area contributed by atoms with Crippen LogP contribution in [-0.2, 0) is 0 Å². The van der Waals surface area contributed by atoms with E-state index in [2.05, 4.69) is 156 Å². The first-order valence-corrected chi connectivity index (χ1v) is 15.7. The lowest BCUT2D eigenvalue weighted by atomic mass is 10.0. The molecule has 2 nitrogen and oxygen atoms in total. The summed E-state index contributed by atoms with van der Waals surface area (Å²) in [5, 5.41) is 12.8. The highest BCUT2D eigenvalue weighted by molar-refractivity contribution is 7.80. The van der Waals surface area contributed by atoms with Crippen molar-refractivity contribution in [3.8, 4) is 0 Å². The van der Waals surface area contributed by atoms with E-state index in [1.54, 1.807) is 0 Å². The molecule has 0 fully saturated rings. The average molecular weight is 553 g/mol. The number of hydrogen-bond donors (Lipinski definition) is 0. The topological polar surface area (TPSA) is 17.3 Å². The maximum atomic E-state index is 5.28. The van der Waals surface area contributed by atoms with E-state index in [9.17, 15) is 0 Å². The van der Waals surface area contributed by atoms with Crippen molar-refractivity contribution in [3.63, 3.8) is 0 Å². The molecule has 0 amide bonds. The molecule has 9 rings (SSSR count). The summed E-state index contributed by atoms with van der Waals surface area (Å²) in [4.78, 5) is 5.28. The van der Waals surface area contributed by atoms with Gasteiger partial charge >= 0.3 is 0 Å². The number of rotatable bonds is 3. The monoisotopic (exact) mass is 552 g/mol. The van der Waals surface area contributed by atoms with Crippen molar-refractivity contribution < 1.29 is 0 Å². The third kappa shape index (κ3) is 3.46. The average Bonchev–Trinajstić information content (AvgIpc) is 3.46. The molecular formula is C39H25N2P. The maximum Gasteiger partial charge on any atom is 0.146 e. The van der Waals surface area contributed by atoms with Crippen molar-refractivity contribution in [1.29, 1.82) is 0 Å². The minimum absolute atomic E-state index is 0.869. The van der Waals surface area contributed by atoms with Crippen LogP contribution in [0.3, 0.4) is 0 Å². The second-order valence-corrected chi connectivity index (χ2v) is 13.0. The van der Waals surface area contributed by atoms with Crippen LogP contribution < -0.4 is 15.9 Å². The number of imidazole rings is 1. The van der Waals surface area contributed by atoms with Crippen LogP contribution in [0.5, 0.6) is 0 Å². The molecule has 42 heavy (non-hydrogen) atoms. The normalized spacial score (nSPS) is 12.7. The first-order chi connectivity index (χ1) is 20.8. The van der Waals surface area contributed by atoms with Crippen LogP contribution in [0.15, 0.2) is 152 Å². The molecule has 0 radical (unpaired) electrons. The van der Waals surface area contributed by atoms with Gasteiger partial charge in [-0.15, -0.1) is 0 Å². The number of nitrogens with zero attached hydrogens (tertiary/aromatic N) is 2. The first-order valence-electron chi connectivity index (χ1n) is 14.3. The molecule has 7 aromatic carbocycles. The third-order valence-electron chi connectivity index (χ3n) is 8.50. The Labute approximate surface area is 244 Å². The van der Waals surface area contributed by atoms with E-state index in [-0.39, 0.29) is 0 Å². The molecule has 2 heterocycles. The van der Waals surface area contributed by atoms with Crippen LogP contribution in [0.2, 0.25) is 0 Å². The second kappa shape index (κ2) is 9.24. The SMILES string of the molecule is c1ccc(P(c2ccc3c(ccc4ccccc43)c2)c2cccc3nc4c5ccccc5c5ccccc5n4c23)cc1. The smallest absolute Gasteiger partial charge is 0.146 e. The number of para-hydroxylation sites is 2. The molecule has 9 aromatic rings. The lowest BCUT2D eigenvalue weighted by molar-refractivity contribution is 1.32. The van der Waals surface area contributed by atoms with Crippen molar-refractivity contribution in [3.05, 3.63) is 152 Å². The summed E-state index contributed by atoms with van der Waals surface area (Å²) < 4.78 is 2.41. The van der Waals surface area contributed by atoms with Crippen molar-refractivity contribution >= 4 is 83.7 Å². The minimum atomic E-state index is -0.869. The van der Waals surface area contributed by atoms with E-state index < -0.39 is 7.92 Å². The van der Waals surface area contributed by atoms with Gasteiger partial charge in [0.25, 0.3) is 0 Å². The second-order valence-electron chi connectivity index (χ2n) is 10.8. The van der Waals surface area contributed by atoms with E-state index in [1.807, 2.05) is 0 Å². The van der Waals surface area contributed by atoms with E-state index in [0.717, 1.165) is 11.2 Å². The van der Waals surface area contributed by atoms with Gasteiger partial charge in [-0.05, 0) is 63.7 Å². The van der Waals surface area contributed by atoms with Crippen molar-refractivity contribution in [2.45, 2.75) is 0 Å². The van der Waals surface area contributed by atoms with Gasteiger partial charge in [0.05, 0.1) is 16.6 Å². The Hall–Kier alpha value is -5.04. The first kappa shape index (κ1) is 23.6. The Kier molecular flexibility index (Phi) is 5.20. The van der Waals surface area contributed by atoms with Gasteiger partial charge in [0.1, 0.15) is 5.65 Å². The van der Waals surface area contributed by atoms with Gasteiger partial charge in [0.2, 0.25) is 0 Å². The van der Waals surface area contributed by atoms with E-state index in [4.69, 9.17) is 4.98 Å². The number of aromatic nitrogens is 2. The Balaban J connectivity index is 1.39. The Morgan fingerprint density at radius 3 is 2.02 bits per heavy atom. The summed E-state index contributed by atoms with van der Waals surface area (Å²) in [5.74, 6) is 0. The standard InChI is InChI=1S/C39H25N2P/c1-2-12-28(13-3-1)42(29-23-24-31-27(25-29)22-21-26-11-4-5-14-30(26)31)37-20-10-18-35-38(37)41-36-19-9-8-16-33(36)32-15-6-7-17-34(32)39(41)40-35/h1-25H. The Morgan fingerprint density at radius 2 is 1.14 bits per heavy atom. The zero-order valence-electron chi connectivity index (χ0n) is 22.8. The molecule has 3 heteroatoms. The summed E-state index contributed by atoms with van der Waals surface area (Å²) in [5.41, 5.74) is 4.43. The molecule has 1 unspecified atom stereocenters. The van der Waals surface area contributed by atoms with Gasteiger partial charge in [0.15, 0.2) is 0 Å². The minimum Gasteiger partial charge on any atom is -0.291 e. The Bertz CT molecular complexity index is 2480. The zero-order valence-corrected chi connectivity index (χ0v) is 23.7. The van der Waals surface area contributed by atoms with Crippen LogP contribution in [-0.4, -0.2) is 9.38 Å². The molecule has 2 aromatic heterocycles. The highest BCUT2D eigenvalue weighted by Crippen LogP contribution is 2.39. The third-order valence-corrected chi connectivity index (χ3v) is 11.0. The van der Waals surface area contributed by atoms with E-state index >= 15 is 0 Å². The fourth-order valence-electron chi connectivity index (χ4n) is 6.66. The maximum absolute atomic E-state index is 5.28. The van der Waals surface area contributed by atoms with Crippen LogP contribution in [0, 0.1) is 0 Å². The van der Waals surface area contributed by atoms with Crippen LogP contribution >= 0.6 is 7.92 Å². The summed E-state index contributed by atoms with van der Waals surface area (Å²) in [6.07, 6.45) is 0. The molecule has 0 saturated carbocycles. The van der Waals surface area contributed by atoms with Crippen molar-refractivity contribution in [2.75, 3.05) is 0 Å². The fraction of sp³-hybridized carbons (Fsp3) is 0. The predicted molar refractivity (Wildman–Crippen MR) is 181 cm³/mol. The van der Waals surface area contributed by atoms with Gasteiger partial charge in [-0.25, -0.2) is 4.98 Å². The van der Waals surface area contributed by atoms with Gasteiger partial charge in [0, 0.05) is 16.1 Å². The van der Waals surface area contributed by atoms with E-state index in [0.29, 0.717) is 0 Å². The van der Waals surface area contributed by atoms with Gasteiger partial charge < -0.3 is 0 Å². The van der Waals surface area contributed by atoms with Gasteiger partial charge in [-0.3, -0.25) is 4.40 Å². The number of pyridine rings is 1. The largest absolute Gasteiger partial charge is 0.291 e. The molecule has 1 atom stereocenters. The molecule has 0 aliphatic heterocycles. The highest BCUT2D eigenvalue weighted by Gasteiger charge is 2.23. The number of benzene rings is 7. The molecule has 0 bridgehead atoms. The summed E-state index contributed by atoms with van der Waals surface area (Å²) >= 11 is 0. The Morgan fingerprint density at radius 1 is 0.452 bits per heavy atom. The summed E-state index contributed by atoms with van der Waals surface area (Å²) in [6.45, 7) is 0. The van der Waals surface area contributed by atoms with Crippen LogP contribution in [0.25, 0.3) is 59.9 Å². The summed E-state index contributed by atoms with van der Waals surface area (Å²) in [6, 6.07) is 55.3. The van der Waals surface area contributed by atoms with Crippen molar-refractivity contribution in [1.82, 2.24) is 9.38 Å². The quantitative estimate of drug-likeness (QED) is 0.158. The molecule has 0 saturated heterocycles. The fourth-order valence-corrected chi connectivity index (χ4v) is 9.14. The summed E-state index contributed by atoms with van der Waals surface area (Å²) in [7, 11) is -0.869. The van der Waals surface area contributed by atoms with Crippen molar-refractivity contribution in [2.24, 2.45) is 0 Å². The highest BCUT2D eigenvalue weighted by atomic mass is 31.1. The zero-order chi connectivity index (χ0) is 27.6. The molecule has 0 spiro atoms. The lowest BCUT2D eigenvalue weighted by Gasteiger charge is -2.21. The van der Waals surface area contributed by atoms with Crippen LogP contribution in [0.4, 0.5) is 0 Å². The molecule has 0 N–H and O–H groups in total. The van der Waals surface area contributed by atoms with Gasteiger partial charge in [-0.1, -0.05) is 133 Å². The molecule has 0 aliphatic rings. The molecule has 196 valence electrons. The predicted octanol–water partition coefficient (Wildman–Crippen LogP) is 8.86. The van der Waals surface area contributed by atoms with Crippen LogP contribution in [0.1, 0.15) is 0 Å².